The predicted octanol–water partition coefficient (Wildman–Crippen LogP) is 0.793. The maximum Gasteiger partial charge on any atom is 0.162 e. The largest absolute Gasteiger partial charge is 0.396 e. The molecule has 0 amide bonds. The number of halogens is 1. The molecule has 3 heteroatoms. The third-order valence-electron chi connectivity index (χ3n) is 2.48. The second-order valence-electron chi connectivity index (χ2n) is 3.33. The summed E-state index contributed by atoms with van der Waals surface area (Å²) in [5.41, 5.74) is 4.88. The summed E-state index contributed by atoms with van der Waals surface area (Å²) in [6.07, 6.45) is 2.13. The first-order chi connectivity index (χ1) is 4.52. The summed E-state index contributed by atoms with van der Waals surface area (Å²) in [4.78, 5) is 0. The zero-order chi connectivity index (χ0) is 7.83. The first-order valence-electron chi connectivity index (χ1n) is 3.60. The Morgan fingerprint density at radius 3 is 2.30 bits per heavy atom. The Bertz CT molecular complexity index is 126. The predicted molar refractivity (Wildman–Crippen MR) is 37.1 cm³/mol. The molecule has 1 rings (SSSR count). The van der Waals surface area contributed by atoms with Crippen molar-refractivity contribution in [3.05, 3.63) is 0 Å². The van der Waals surface area contributed by atoms with Gasteiger partial charge in [0.05, 0.1) is 0 Å². The van der Waals surface area contributed by atoms with Crippen LogP contribution in [0.15, 0.2) is 0 Å². The molecule has 0 radical (unpaired) electrons. The SMILES string of the molecule is CC(N)(F)C1(CCO)CC1. The second-order valence-corrected chi connectivity index (χ2v) is 3.33. The molecule has 1 aliphatic carbocycles. The highest BCUT2D eigenvalue weighted by molar-refractivity contribution is 5.03. The first-order valence-corrected chi connectivity index (χ1v) is 3.60. The minimum absolute atomic E-state index is 0.0384. The molecule has 0 spiro atoms. The summed E-state index contributed by atoms with van der Waals surface area (Å²) < 4.78 is 13.1. The van der Waals surface area contributed by atoms with E-state index >= 15 is 0 Å². The van der Waals surface area contributed by atoms with Crippen LogP contribution in [0.1, 0.15) is 26.2 Å². The van der Waals surface area contributed by atoms with Gasteiger partial charge in [-0.3, -0.25) is 5.73 Å². The number of alkyl halides is 1. The molecule has 0 bridgehead atoms. The Balaban J connectivity index is 2.52. The van der Waals surface area contributed by atoms with Crippen LogP contribution in [0.3, 0.4) is 0 Å². The Morgan fingerprint density at radius 1 is 1.70 bits per heavy atom. The Labute approximate surface area is 60.2 Å². The van der Waals surface area contributed by atoms with E-state index in [2.05, 4.69) is 0 Å². The molecule has 0 aliphatic heterocycles. The first kappa shape index (κ1) is 7.95. The topological polar surface area (TPSA) is 46.2 Å². The number of hydrogen-bond donors (Lipinski definition) is 2. The van der Waals surface area contributed by atoms with Crippen molar-refractivity contribution in [3.63, 3.8) is 0 Å². The Morgan fingerprint density at radius 2 is 2.20 bits per heavy atom. The summed E-state index contributed by atoms with van der Waals surface area (Å²) >= 11 is 0. The second kappa shape index (κ2) is 2.17. The van der Waals surface area contributed by atoms with Gasteiger partial charge in [0.25, 0.3) is 0 Å². The maximum atomic E-state index is 13.1. The fourth-order valence-corrected chi connectivity index (χ4v) is 1.35. The van der Waals surface area contributed by atoms with Crippen molar-refractivity contribution in [3.8, 4) is 0 Å². The lowest BCUT2D eigenvalue weighted by molar-refractivity contribution is 0.0686. The van der Waals surface area contributed by atoms with Crippen LogP contribution in [0, 0.1) is 5.41 Å². The molecule has 1 unspecified atom stereocenters. The highest BCUT2D eigenvalue weighted by atomic mass is 19.1. The summed E-state index contributed by atoms with van der Waals surface area (Å²) in [5.74, 6) is -1.60. The van der Waals surface area contributed by atoms with Crippen molar-refractivity contribution in [2.45, 2.75) is 32.0 Å². The van der Waals surface area contributed by atoms with E-state index in [1.807, 2.05) is 0 Å². The van der Waals surface area contributed by atoms with Gasteiger partial charge in [0.15, 0.2) is 5.79 Å². The van der Waals surface area contributed by atoms with E-state index in [9.17, 15) is 4.39 Å². The lowest BCUT2D eigenvalue weighted by Gasteiger charge is -2.25. The van der Waals surface area contributed by atoms with E-state index in [0.717, 1.165) is 12.8 Å². The fourth-order valence-electron chi connectivity index (χ4n) is 1.35. The van der Waals surface area contributed by atoms with Gasteiger partial charge in [0.2, 0.25) is 0 Å². The average Bonchev–Trinajstić information content (AvgIpc) is 2.45. The summed E-state index contributed by atoms with van der Waals surface area (Å²) in [6.45, 7) is 1.42. The lowest BCUT2D eigenvalue weighted by atomic mass is 9.93. The van der Waals surface area contributed by atoms with Crippen LogP contribution >= 0.6 is 0 Å². The molecule has 3 N–H and O–H groups in total. The van der Waals surface area contributed by atoms with E-state index in [1.54, 1.807) is 0 Å². The zero-order valence-corrected chi connectivity index (χ0v) is 6.23. The normalized spacial score (nSPS) is 27.6. The van der Waals surface area contributed by atoms with Crippen molar-refractivity contribution in [2.75, 3.05) is 6.61 Å². The van der Waals surface area contributed by atoms with Crippen LogP contribution in [-0.4, -0.2) is 17.5 Å². The number of nitrogens with two attached hydrogens (primary N) is 1. The molecule has 2 nitrogen and oxygen atoms in total. The molecule has 1 aliphatic rings. The minimum Gasteiger partial charge on any atom is -0.396 e. The van der Waals surface area contributed by atoms with E-state index in [4.69, 9.17) is 10.8 Å². The highest BCUT2D eigenvalue weighted by Gasteiger charge is 2.55. The van der Waals surface area contributed by atoms with Crippen molar-refractivity contribution in [2.24, 2.45) is 11.1 Å². The van der Waals surface area contributed by atoms with Crippen LogP contribution in [0.5, 0.6) is 0 Å². The Hall–Kier alpha value is -0.150. The van der Waals surface area contributed by atoms with Crippen molar-refractivity contribution in [1.82, 2.24) is 0 Å². The van der Waals surface area contributed by atoms with E-state index < -0.39 is 11.2 Å². The average molecular weight is 147 g/mol. The number of hydrogen-bond acceptors (Lipinski definition) is 2. The zero-order valence-electron chi connectivity index (χ0n) is 6.23. The molecule has 0 aromatic heterocycles. The molecular weight excluding hydrogens is 133 g/mol. The van der Waals surface area contributed by atoms with Gasteiger partial charge in [-0.2, -0.15) is 0 Å². The van der Waals surface area contributed by atoms with Gasteiger partial charge >= 0.3 is 0 Å². The number of aliphatic hydroxyl groups excluding tert-OH is 1. The monoisotopic (exact) mass is 147 g/mol. The molecule has 0 aromatic rings. The van der Waals surface area contributed by atoms with Crippen LogP contribution in [0.2, 0.25) is 0 Å². The van der Waals surface area contributed by atoms with Gasteiger partial charge < -0.3 is 5.11 Å². The van der Waals surface area contributed by atoms with Gasteiger partial charge in [-0.05, 0) is 26.2 Å². The lowest BCUT2D eigenvalue weighted by Crippen LogP contribution is -2.41. The van der Waals surface area contributed by atoms with Crippen LogP contribution in [0.4, 0.5) is 4.39 Å². The molecule has 0 heterocycles. The number of rotatable bonds is 3. The van der Waals surface area contributed by atoms with Crippen molar-refractivity contribution in [1.29, 1.82) is 0 Å². The van der Waals surface area contributed by atoms with Crippen molar-refractivity contribution >= 4 is 0 Å². The third kappa shape index (κ3) is 1.16. The van der Waals surface area contributed by atoms with Crippen LogP contribution < -0.4 is 5.73 Å². The van der Waals surface area contributed by atoms with E-state index in [-0.39, 0.29) is 6.61 Å². The minimum atomic E-state index is -1.60. The molecule has 1 saturated carbocycles. The molecule has 1 fully saturated rings. The number of aliphatic hydroxyl groups is 1. The summed E-state index contributed by atoms with van der Waals surface area (Å²) in [5, 5.41) is 8.58. The summed E-state index contributed by atoms with van der Waals surface area (Å²) in [6, 6.07) is 0. The fraction of sp³-hybridized carbons (Fsp3) is 1.00. The van der Waals surface area contributed by atoms with Crippen LogP contribution in [0.25, 0.3) is 0 Å². The third-order valence-corrected chi connectivity index (χ3v) is 2.48. The van der Waals surface area contributed by atoms with E-state index in [1.165, 1.54) is 6.92 Å². The molecular formula is C7H14FNO. The molecule has 60 valence electrons. The van der Waals surface area contributed by atoms with E-state index in [0.29, 0.717) is 6.42 Å². The van der Waals surface area contributed by atoms with Gasteiger partial charge in [0.1, 0.15) is 0 Å². The van der Waals surface area contributed by atoms with Crippen LogP contribution in [-0.2, 0) is 0 Å². The van der Waals surface area contributed by atoms with Crippen molar-refractivity contribution < 1.29 is 9.50 Å². The maximum absolute atomic E-state index is 13.1. The molecule has 1 atom stereocenters. The Kier molecular flexibility index (Phi) is 1.73. The van der Waals surface area contributed by atoms with Gasteiger partial charge in [-0.15, -0.1) is 0 Å². The van der Waals surface area contributed by atoms with Gasteiger partial charge in [-0.1, -0.05) is 0 Å². The summed E-state index contributed by atoms with van der Waals surface area (Å²) in [7, 11) is 0. The standard InChI is InChI=1S/C7H14FNO/c1-6(8,9)7(2-3-7)4-5-10/h10H,2-5,9H2,1H3. The molecule has 0 aromatic carbocycles. The van der Waals surface area contributed by atoms with Gasteiger partial charge in [0, 0.05) is 12.0 Å². The quantitative estimate of drug-likeness (QED) is 0.580. The molecule has 10 heavy (non-hydrogen) atoms. The van der Waals surface area contributed by atoms with Gasteiger partial charge in [-0.25, -0.2) is 4.39 Å². The molecule has 0 saturated heterocycles. The smallest absolute Gasteiger partial charge is 0.162 e. The highest BCUT2D eigenvalue weighted by Crippen LogP contribution is 2.56.